The molecule has 0 fully saturated rings. The average Bonchev–Trinajstić information content (AvgIpc) is 3.35. The number of benzene rings is 3. The SMILES string of the molecule is CCCCC(C)c1c(C(=O)Nc2ccccc2)c(-c2ccccc2)c(-c2ccc(F)cc2)n1CC[C@@H](O)C[C@@H](O)CC(=O)[O-]. The molecule has 1 unspecified atom stereocenters. The van der Waals surface area contributed by atoms with E-state index in [9.17, 15) is 29.3 Å². The van der Waals surface area contributed by atoms with Gasteiger partial charge in [0.25, 0.3) is 5.91 Å². The first-order valence-corrected chi connectivity index (χ1v) is 15.2. The van der Waals surface area contributed by atoms with E-state index < -0.39 is 24.6 Å². The van der Waals surface area contributed by atoms with E-state index in [1.807, 2.05) is 65.2 Å². The number of carboxylic acid groups (broad SMARTS) is 1. The van der Waals surface area contributed by atoms with Crippen LogP contribution in [0, 0.1) is 5.82 Å². The first kappa shape index (κ1) is 32.6. The minimum absolute atomic E-state index is 0.0519. The van der Waals surface area contributed by atoms with Crippen LogP contribution in [-0.2, 0) is 11.3 Å². The molecule has 0 aliphatic carbocycles. The summed E-state index contributed by atoms with van der Waals surface area (Å²) in [6, 6.07) is 25.0. The summed E-state index contributed by atoms with van der Waals surface area (Å²) in [7, 11) is 0. The van der Waals surface area contributed by atoms with Gasteiger partial charge in [0.1, 0.15) is 5.82 Å². The first-order valence-electron chi connectivity index (χ1n) is 15.2. The number of hydrogen-bond acceptors (Lipinski definition) is 5. The van der Waals surface area contributed by atoms with Crippen LogP contribution in [-0.4, -0.2) is 38.9 Å². The normalized spacial score (nSPS) is 13.3. The van der Waals surface area contributed by atoms with Gasteiger partial charge in [0.05, 0.1) is 23.5 Å². The van der Waals surface area contributed by atoms with Crippen LogP contribution in [0.3, 0.4) is 0 Å². The predicted molar refractivity (Wildman–Crippen MR) is 168 cm³/mol. The zero-order valence-corrected chi connectivity index (χ0v) is 25.2. The number of carboxylic acids is 1. The second kappa shape index (κ2) is 15.5. The smallest absolute Gasteiger partial charge is 0.258 e. The summed E-state index contributed by atoms with van der Waals surface area (Å²) in [6.45, 7) is 4.47. The van der Waals surface area contributed by atoms with Crippen LogP contribution >= 0.6 is 0 Å². The van der Waals surface area contributed by atoms with Crippen LogP contribution in [0.5, 0.6) is 0 Å². The number of nitrogens with zero attached hydrogens (tertiary/aromatic N) is 1. The summed E-state index contributed by atoms with van der Waals surface area (Å²) in [5.41, 5.74) is 4.90. The first-order chi connectivity index (χ1) is 21.2. The van der Waals surface area contributed by atoms with Gasteiger partial charge in [0.2, 0.25) is 0 Å². The van der Waals surface area contributed by atoms with E-state index in [0.29, 0.717) is 22.4 Å². The Balaban J connectivity index is 1.94. The number of carbonyl (C=O) groups is 2. The Labute approximate surface area is 258 Å². The van der Waals surface area contributed by atoms with Crippen LogP contribution in [0.2, 0.25) is 0 Å². The Morgan fingerprint density at radius 2 is 1.52 bits per heavy atom. The van der Waals surface area contributed by atoms with Crippen molar-refractivity contribution in [1.82, 2.24) is 4.57 Å². The highest BCUT2D eigenvalue weighted by molar-refractivity contribution is 6.12. The number of anilines is 1. The van der Waals surface area contributed by atoms with E-state index >= 15 is 0 Å². The highest BCUT2D eigenvalue weighted by atomic mass is 19.1. The molecule has 232 valence electrons. The molecular weight excluding hydrogens is 559 g/mol. The summed E-state index contributed by atoms with van der Waals surface area (Å²) >= 11 is 0. The number of aromatic nitrogens is 1. The van der Waals surface area contributed by atoms with Crippen molar-refractivity contribution >= 4 is 17.6 Å². The van der Waals surface area contributed by atoms with E-state index in [-0.39, 0.29) is 37.0 Å². The molecule has 0 saturated heterocycles. The highest BCUT2D eigenvalue weighted by Crippen LogP contribution is 2.43. The van der Waals surface area contributed by atoms with Gasteiger partial charge in [-0.15, -0.1) is 0 Å². The molecule has 0 radical (unpaired) electrons. The number of rotatable bonds is 15. The molecule has 1 aromatic heterocycles. The monoisotopic (exact) mass is 599 g/mol. The molecule has 44 heavy (non-hydrogen) atoms. The summed E-state index contributed by atoms with van der Waals surface area (Å²) in [4.78, 5) is 25.3. The molecule has 8 heteroatoms. The molecule has 4 rings (SSSR count). The van der Waals surface area contributed by atoms with Gasteiger partial charge in [-0.05, 0) is 72.7 Å². The van der Waals surface area contributed by atoms with Gasteiger partial charge < -0.3 is 30.0 Å². The molecule has 0 aliphatic heterocycles. The fourth-order valence-electron chi connectivity index (χ4n) is 5.75. The van der Waals surface area contributed by atoms with E-state index in [1.54, 1.807) is 12.1 Å². The molecule has 0 saturated carbocycles. The molecule has 0 aliphatic rings. The summed E-state index contributed by atoms with van der Waals surface area (Å²) in [6.07, 6.45) is -0.0275. The van der Waals surface area contributed by atoms with Crippen molar-refractivity contribution in [2.24, 2.45) is 0 Å². The second-order valence-corrected chi connectivity index (χ2v) is 11.3. The number of para-hydroxylation sites is 1. The molecule has 0 spiro atoms. The maximum absolute atomic E-state index is 14.3. The maximum atomic E-state index is 14.3. The maximum Gasteiger partial charge on any atom is 0.258 e. The lowest BCUT2D eigenvalue weighted by molar-refractivity contribution is -0.307. The van der Waals surface area contributed by atoms with E-state index in [4.69, 9.17) is 0 Å². The lowest BCUT2D eigenvalue weighted by Crippen LogP contribution is -2.29. The third-order valence-corrected chi connectivity index (χ3v) is 7.83. The quantitative estimate of drug-likeness (QED) is 0.152. The van der Waals surface area contributed by atoms with Gasteiger partial charge in [0.15, 0.2) is 0 Å². The Morgan fingerprint density at radius 1 is 0.886 bits per heavy atom. The molecular formula is C36H40FN2O5-. The number of amides is 1. The molecule has 3 N–H and O–H groups in total. The number of hydrogen-bond donors (Lipinski definition) is 3. The molecule has 1 heterocycles. The van der Waals surface area contributed by atoms with Crippen LogP contribution in [0.1, 0.15) is 74.3 Å². The number of aliphatic hydroxyl groups excluding tert-OH is 2. The predicted octanol–water partition coefficient (Wildman–Crippen LogP) is 6.15. The van der Waals surface area contributed by atoms with Gasteiger partial charge in [-0.25, -0.2) is 4.39 Å². The fourth-order valence-corrected chi connectivity index (χ4v) is 5.75. The third-order valence-electron chi connectivity index (χ3n) is 7.83. The lowest BCUT2D eigenvalue weighted by Gasteiger charge is -2.22. The molecule has 3 atom stereocenters. The largest absolute Gasteiger partial charge is 0.550 e. The van der Waals surface area contributed by atoms with E-state index in [0.717, 1.165) is 36.2 Å². The second-order valence-electron chi connectivity index (χ2n) is 11.3. The molecule has 7 nitrogen and oxygen atoms in total. The summed E-state index contributed by atoms with van der Waals surface area (Å²) in [5, 5.41) is 35.0. The van der Waals surface area contributed by atoms with Crippen molar-refractivity contribution in [2.45, 2.75) is 77.0 Å². The molecule has 0 bridgehead atoms. The molecule has 4 aromatic rings. The third kappa shape index (κ3) is 8.21. The zero-order valence-electron chi connectivity index (χ0n) is 25.2. The topological polar surface area (TPSA) is 115 Å². The number of aliphatic hydroxyl groups is 2. The van der Waals surface area contributed by atoms with Crippen LogP contribution in [0.25, 0.3) is 22.4 Å². The fraction of sp³-hybridized carbons (Fsp3) is 0.333. The Kier molecular flexibility index (Phi) is 11.5. The standard InChI is InChI=1S/C36H41FN2O5/c1-3-4-11-24(2)34-33(36(44)38-28-14-9-6-10-15-28)32(25-12-7-5-8-13-25)35(26-16-18-27(37)19-17-26)39(34)21-20-29(40)22-30(41)23-31(42)43/h5-10,12-19,24,29-30,40-41H,3-4,11,20-23H2,1-2H3,(H,38,44)(H,42,43)/p-1/t24?,29-,30-/m1/s1. The lowest BCUT2D eigenvalue weighted by atomic mass is 9.92. The number of aliphatic carboxylic acids is 1. The summed E-state index contributed by atoms with van der Waals surface area (Å²) < 4.78 is 16.2. The zero-order chi connectivity index (χ0) is 31.6. The molecule has 1 amide bonds. The van der Waals surface area contributed by atoms with Crippen LogP contribution in [0.15, 0.2) is 84.9 Å². The van der Waals surface area contributed by atoms with Crippen molar-refractivity contribution in [1.29, 1.82) is 0 Å². The summed E-state index contributed by atoms with van der Waals surface area (Å²) in [5.74, 6) is -2.10. The van der Waals surface area contributed by atoms with Crippen molar-refractivity contribution in [3.8, 4) is 22.4 Å². The minimum Gasteiger partial charge on any atom is -0.550 e. The van der Waals surface area contributed by atoms with Crippen molar-refractivity contribution in [3.05, 3.63) is 102 Å². The van der Waals surface area contributed by atoms with E-state index in [1.165, 1.54) is 12.1 Å². The van der Waals surface area contributed by atoms with Crippen molar-refractivity contribution in [3.63, 3.8) is 0 Å². The minimum atomic E-state index is -1.39. The number of unbranched alkanes of at least 4 members (excludes halogenated alkanes) is 1. The van der Waals surface area contributed by atoms with E-state index in [2.05, 4.69) is 19.2 Å². The van der Waals surface area contributed by atoms with Gasteiger partial charge in [-0.3, -0.25) is 4.79 Å². The number of nitrogens with one attached hydrogen (secondary N) is 1. The average molecular weight is 600 g/mol. The van der Waals surface area contributed by atoms with Crippen molar-refractivity contribution < 1.29 is 29.3 Å². The Hall–Kier alpha value is -4.27. The van der Waals surface area contributed by atoms with Gasteiger partial charge in [-0.1, -0.05) is 75.2 Å². The van der Waals surface area contributed by atoms with Crippen molar-refractivity contribution in [2.75, 3.05) is 5.32 Å². The number of halogens is 1. The van der Waals surface area contributed by atoms with Gasteiger partial charge in [0, 0.05) is 35.9 Å². The van der Waals surface area contributed by atoms with Gasteiger partial charge >= 0.3 is 0 Å². The Morgan fingerprint density at radius 3 is 2.14 bits per heavy atom. The van der Waals surface area contributed by atoms with Gasteiger partial charge in [-0.2, -0.15) is 0 Å². The van der Waals surface area contributed by atoms with Crippen LogP contribution in [0.4, 0.5) is 10.1 Å². The Bertz CT molecular complexity index is 1520. The van der Waals surface area contributed by atoms with Crippen LogP contribution < -0.4 is 10.4 Å². The highest BCUT2D eigenvalue weighted by Gasteiger charge is 2.31. The number of carbonyl (C=O) groups excluding carboxylic acids is 2. The molecule has 3 aromatic carbocycles.